The molecular weight excluding hydrogens is 424 g/mol. The number of benzene rings is 1. The Morgan fingerprint density at radius 3 is 2.00 bits per heavy atom. The second-order valence-electron chi connectivity index (χ2n) is 9.04. The van der Waals surface area contributed by atoms with E-state index in [0.29, 0.717) is 3.46 Å². The van der Waals surface area contributed by atoms with Gasteiger partial charge in [-0.3, -0.25) is 0 Å². The van der Waals surface area contributed by atoms with Crippen molar-refractivity contribution in [2.45, 2.75) is 79.1 Å². The van der Waals surface area contributed by atoms with Crippen molar-refractivity contribution in [1.29, 1.82) is 0 Å². The Labute approximate surface area is 159 Å². The molecule has 1 aliphatic rings. The zero-order chi connectivity index (χ0) is 19.0. The van der Waals surface area contributed by atoms with Crippen LogP contribution in [-0.4, -0.2) is 32.4 Å². The van der Waals surface area contributed by atoms with E-state index in [4.69, 9.17) is 9.47 Å². The summed E-state index contributed by atoms with van der Waals surface area (Å²) in [4.78, 5) is 5.10. The monoisotopic (exact) mass is 464 g/mol. The van der Waals surface area contributed by atoms with E-state index in [2.05, 4.69) is 56.7 Å². The van der Waals surface area contributed by atoms with Crippen molar-refractivity contribution in [3.63, 3.8) is 0 Å². The SMILES string of the molecule is CCCC(C)(C)[Te](C)(C)c1cc(C(C)(C)C2CC2)c(OC)cc1OC. The average molecular weight is 462 g/mol. The predicted octanol–water partition coefficient (Wildman–Crippen LogP) is 5.89. The van der Waals surface area contributed by atoms with Gasteiger partial charge < -0.3 is 0 Å². The molecule has 0 aliphatic heterocycles. The first-order valence-electron chi connectivity index (χ1n) is 9.52. The number of hydrogen-bond acceptors (Lipinski definition) is 2. The van der Waals surface area contributed by atoms with Gasteiger partial charge in [-0.05, 0) is 0 Å². The van der Waals surface area contributed by atoms with Crippen LogP contribution < -0.4 is 13.1 Å². The Bertz CT molecular complexity index is 613. The molecule has 0 radical (unpaired) electrons. The molecule has 3 heteroatoms. The third kappa shape index (κ3) is 3.84. The first kappa shape index (κ1) is 20.9. The normalized spacial score (nSPS) is 16.7. The summed E-state index contributed by atoms with van der Waals surface area (Å²) in [5.74, 6) is 2.80. The molecule has 0 aromatic heterocycles. The Morgan fingerprint density at radius 1 is 1.00 bits per heavy atom. The molecule has 1 aliphatic carbocycles. The Balaban J connectivity index is 2.64. The van der Waals surface area contributed by atoms with Gasteiger partial charge in [0.1, 0.15) is 0 Å². The maximum absolute atomic E-state index is 5.86. The molecule has 0 saturated heterocycles. The zero-order valence-corrected chi connectivity index (χ0v) is 20.1. The summed E-state index contributed by atoms with van der Waals surface area (Å²) < 4.78 is 13.5. The van der Waals surface area contributed by atoms with Crippen molar-refractivity contribution in [1.82, 2.24) is 0 Å². The maximum atomic E-state index is 5.86. The third-order valence-electron chi connectivity index (χ3n) is 6.56. The van der Waals surface area contributed by atoms with Crippen molar-refractivity contribution in [3.8, 4) is 11.5 Å². The van der Waals surface area contributed by atoms with Gasteiger partial charge in [-0.2, -0.15) is 0 Å². The number of rotatable bonds is 8. The van der Waals surface area contributed by atoms with Gasteiger partial charge in [-0.25, -0.2) is 0 Å². The Hall–Kier alpha value is -0.390. The molecule has 0 spiro atoms. The van der Waals surface area contributed by atoms with E-state index in [9.17, 15) is 0 Å². The van der Waals surface area contributed by atoms with E-state index in [-0.39, 0.29) is 5.41 Å². The van der Waals surface area contributed by atoms with E-state index in [1.807, 2.05) is 0 Å². The third-order valence-corrected chi connectivity index (χ3v) is 19.1. The van der Waals surface area contributed by atoms with Crippen LogP contribution in [0.2, 0.25) is 13.4 Å². The molecule has 0 atom stereocenters. The summed E-state index contributed by atoms with van der Waals surface area (Å²) in [5, 5.41) is 0. The first-order chi connectivity index (χ1) is 11.5. The summed E-state index contributed by atoms with van der Waals surface area (Å²) >= 11 is -2.38. The van der Waals surface area contributed by atoms with E-state index in [0.717, 1.165) is 17.4 Å². The quantitative estimate of drug-likeness (QED) is 0.449. The molecule has 0 heterocycles. The molecule has 0 unspecified atom stereocenters. The van der Waals surface area contributed by atoms with Crippen molar-refractivity contribution in [2.75, 3.05) is 14.2 Å². The minimum atomic E-state index is -2.38. The fraction of sp³-hybridized carbons (Fsp3) is 0.727. The summed E-state index contributed by atoms with van der Waals surface area (Å²) in [6, 6.07) is 4.62. The Kier molecular flexibility index (Phi) is 6.12. The van der Waals surface area contributed by atoms with Crippen LogP contribution in [0.3, 0.4) is 0 Å². The second-order valence-corrected chi connectivity index (χ2v) is 21.0. The van der Waals surface area contributed by atoms with Gasteiger partial charge in [-0.15, -0.1) is 0 Å². The molecule has 25 heavy (non-hydrogen) atoms. The summed E-state index contributed by atoms with van der Waals surface area (Å²) in [7, 11) is 3.59. The molecule has 2 nitrogen and oxygen atoms in total. The van der Waals surface area contributed by atoms with Crippen LogP contribution in [0.4, 0.5) is 0 Å². The van der Waals surface area contributed by atoms with E-state index in [1.54, 1.807) is 14.2 Å². The van der Waals surface area contributed by atoms with E-state index >= 15 is 0 Å². The van der Waals surface area contributed by atoms with Crippen LogP contribution in [0, 0.1) is 5.92 Å². The topological polar surface area (TPSA) is 18.5 Å². The van der Waals surface area contributed by atoms with Crippen molar-refractivity contribution in [3.05, 3.63) is 17.7 Å². The van der Waals surface area contributed by atoms with Gasteiger partial charge in [0.25, 0.3) is 0 Å². The van der Waals surface area contributed by atoms with Crippen molar-refractivity contribution < 1.29 is 9.47 Å². The molecular formula is C22H38O2Te. The first-order valence-corrected chi connectivity index (χ1v) is 16.5. The fourth-order valence-corrected chi connectivity index (χ4v) is 10.7. The second kappa shape index (κ2) is 7.32. The van der Waals surface area contributed by atoms with Gasteiger partial charge in [0.15, 0.2) is 0 Å². The Morgan fingerprint density at radius 2 is 1.56 bits per heavy atom. The number of hydrogen-bond donors (Lipinski definition) is 0. The standard InChI is InChI=1S/C22H38O2Te/c1-10-13-21(2,3)25(8,9)20-14-17(22(4,5)16-11-12-16)18(23-6)15-19(20)24-7/h14-16H,10-13H2,1-9H3. The van der Waals surface area contributed by atoms with Gasteiger partial charge in [0.2, 0.25) is 0 Å². The van der Waals surface area contributed by atoms with Crippen LogP contribution in [0.1, 0.15) is 65.9 Å². The van der Waals surface area contributed by atoms with Crippen molar-refractivity contribution in [2.24, 2.45) is 5.92 Å². The number of methoxy groups -OCH3 is 2. The van der Waals surface area contributed by atoms with Crippen LogP contribution >= 0.6 is 0 Å². The number of ether oxygens (including phenoxy) is 2. The zero-order valence-electron chi connectivity index (χ0n) is 17.8. The van der Waals surface area contributed by atoms with Crippen LogP contribution in [0.15, 0.2) is 12.1 Å². The molecule has 1 aromatic carbocycles. The minimum absolute atomic E-state index is 0.167. The average Bonchev–Trinajstić information content (AvgIpc) is 3.38. The molecule has 0 bridgehead atoms. The van der Waals surface area contributed by atoms with Crippen molar-refractivity contribution >= 4 is 21.8 Å². The fourth-order valence-electron chi connectivity index (χ4n) is 3.95. The molecule has 0 N–H and O–H groups in total. The van der Waals surface area contributed by atoms with Gasteiger partial charge >= 0.3 is 160 Å². The van der Waals surface area contributed by atoms with Crippen LogP contribution in [0.25, 0.3) is 0 Å². The predicted molar refractivity (Wildman–Crippen MR) is 111 cm³/mol. The summed E-state index contributed by atoms with van der Waals surface area (Å²) in [6.07, 6.45) is 5.19. The van der Waals surface area contributed by atoms with Gasteiger partial charge in [-0.1, -0.05) is 0 Å². The van der Waals surface area contributed by atoms with Crippen LogP contribution in [0.5, 0.6) is 11.5 Å². The van der Waals surface area contributed by atoms with E-state index in [1.165, 1.54) is 34.9 Å². The molecule has 2 rings (SSSR count). The molecule has 0 amide bonds. The van der Waals surface area contributed by atoms with Gasteiger partial charge in [0, 0.05) is 0 Å². The summed E-state index contributed by atoms with van der Waals surface area (Å²) in [6.45, 7) is 12.0. The molecule has 1 saturated carbocycles. The molecule has 144 valence electrons. The van der Waals surface area contributed by atoms with Crippen LogP contribution in [-0.2, 0) is 5.41 Å². The summed E-state index contributed by atoms with van der Waals surface area (Å²) in [5.41, 5.74) is 1.54. The van der Waals surface area contributed by atoms with E-state index < -0.39 is 18.2 Å². The molecule has 1 aromatic rings. The van der Waals surface area contributed by atoms with Gasteiger partial charge in [0.05, 0.1) is 0 Å². The molecule has 1 fully saturated rings.